The number of benzene rings is 2. The number of ether oxygens (including phenoxy) is 1. The van der Waals surface area contributed by atoms with Gasteiger partial charge in [-0.2, -0.15) is 0 Å². The molecule has 0 aliphatic rings. The molecule has 0 spiro atoms. The summed E-state index contributed by atoms with van der Waals surface area (Å²) in [6.07, 6.45) is 1.68. The minimum Gasteiger partial charge on any atom is -0.497 e. The van der Waals surface area contributed by atoms with Crippen LogP contribution < -0.4 is 10.3 Å². The molecule has 0 bridgehead atoms. The maximum absolute atomic E-state index is 13.5. The Morgan fingerprint density at radius 3 is 2.55 bits per heavy atom. The number of hydrogen-bond donors (Lipinski definition) is 0. The Balaban J connectivity index is 2.00. The number of pyridine rings is 2. The number of aromatic nitrogens is 3. The lowest BCUT2D eigenvalue weighted by atomic mass is 10.0. The third-order valence-corrected chi connectivity index (χ3v) is 5.92. The van der Waals surface area contributed by atoms with Crippen LogP contribution >= 0.6 is 31.9 Å². The van der Waals surface area contributed by atoms with E-state index in [2.05, 4.69) is 36.8 Å². The highest BCUT2D eigenvalue weighted by atomic mass is 79.9. The molecule has 3 heterocycles. The van der Waals surface area contributed by atoms with Crippen molar-refractivity contribution in [2.24, 2.45) is 0 Å². The van der Waals surface area contributed by atoms with Gasteiger partial charge in [0.05, 0.1) is 18.0 Å². The van der Waals surface area contributed by atoms with Crippen molar-refractivity contribution in [3.05, 3.63) is 80.1 Å². The molecule has 0 N–H and O–H groups in total. The molecule has 0 fully saturated rings. The summed E-state index contributed by atoms with van der Waals surface area (Å²) in [5.74, 6) is 0.767. The zero-order valence-corrected chi connectivity index (χ0v) is 18.4. The third-order valence-electron chi connectivity index (χ3n) is 4.86. The van der Waals surface area contributed by atoms with Gasteiger partial charge in [0.2, 0.25) is 0 Å². The molecule has 0 amide bonds. The molecule has 0 aliphatic heterocycles. The second-order valence-electron chi connectivity index (χ2n) is 6.56. The molecule has 2 aromatic carbocycles. The second kappa shape index (κ2) is 6.93. The van der Waals surface area contributed by atoms with Gasteiger partial charge in [0, 0.05) is 26.1 Å². The van der Waals surface area contributed by atoms with Crippen molar-refractivity contribution in [1.82, 2.24) is 14.4 Å². The number of halogens is 2. The molecule has 29 heavy (non-hydrogen) atoms. The number of rotatable bonds is 2. The van der Waals surface area contributed by atoms with Crippen molar-refractivity contribution in [2.75, 3.05) is 7.11 Å². The van der Waals surface area contributed by atoms with E-state index in [1.165, 1.54) is 0 Å². The lowest BCUT2D eigenvalue weighted by molar-refractivity contribution is 0.415. The Bertz CT molecular complexity index is 1480. The van der Waals surface area contributed by atoms with Crippen molar-refractivity contribution in [2.45, 2.75) is 0 Å². The Morgan fingerprint density at radius 1 is 1.00 bits per heavy atom. The average molecular weight is 511 g/mol. The smallest absolute Gasteiger partial charge is 0.267 e. The van der Waals surface area contributed by atoms with E-state index in [1.54, 1.807) is 23.8 Å². The van der Waals surface area contributed by atoms with Gasteiger partial charge >= 0.3 is 0 Å². The third kappa shape index (κ3) is 2.92. The first-order chi connectivity index (χ1) is 14.1. The predicted octanol–water partition coefficient (Wildman–Crippen LogP) is 5.60. The summed E-state index contributed by atoms with van der Waals surface area (Å²) in [4.78, 5) is 22.8. The summed E-state index contributed by atoms with van der Waals surface area (Å²) in [5, 5.41) is 1.38. The van der Waals surface area contributed by atoms with Gasteiger partial charge in [0.1, 0.15) is 17.0 Å². The monoisotopic (exact) mass is 509 g/mol. The van der Waals surface area contributed by atoms with Gasteiger partial charge in [-0.3, -0.25) is 4.79 Å². The van der Waals surface area contributed by atoms with E-state index in [4.69, 9.17) is 9.72 Å². The standard InChI is InChI=1S/C22H13Br2N3O2/c1-29-15-6-4-12(5-7-15)16-9-13-3-2-8-25-20(13)27-21(16)26-19-17(22(27)28)10-14(23)11-18(19)24/h2-11H,1H3. The minimum atomic E-state index is -0.161. The molecule has 142 valence electrons. The van der Waals surface area contributed by atoms with Crippen molar-refractivity contribution in [1.29, 1.82) is 0 Å². The molecule has 0 saturated carbocycles. The molecule has 5 rings (SSSR count). The van der Waals surface area contributed by atoms with Crippen molar-refractivity contribution < 1.29 is 4.74 Å². The van der Waals surface area contributed by atoms with Crippen LogP contribution in [-0.2, 0) is 0 Å². The van der Waals surface area contributed by atoms with Crippen LogP contribution in [0.4, 0.5) is 0 Å². The molecule has 0 saturated heterocycles. The van der Waals surface area contributed by atoms with E-state index in [1.807, 2.05) is 48.5 Å². The SMILES string of the molecule is COc1ccc(-c2cc3cccnc3n3c(=O)c4cc(Br)cc(Br)c4nc23)cc1. The largest absolute Gasteiger partial charge is 0.497 e. The fourth-order valence-electron chi connectivity index (χ4n) is 3.50. The maximum Gasteiger partial charge on any atom is 0.267 e. The Morgan fingerprint density at radius 2 is 1.79 bits per heavy atom. The van der Waals surface area contributed by atoms with Crippen LogP contribution in [0.5, 0.6) is 5.75 Å². The molecule has 3 aromatic heterocycles. The van der Waals surface area contributed by atoms with Gasteiger partial charge in [0.15, 0.2) is 0 Å². The minimum absolute atomic E-state index is 0.161. The molecule has 0 unspecified atom stereocenters. The normalized spacial score (nSPS) is 11.4. The van der Waals surface area contributed by atoms with Crippen LogP contribution in [-0.4, -0.2) is 21.5 Å². The molecule has 7 heteroatoms. The second-order valence-corrected chi connectivity index (χ2v) is 8.33. The number of nitrogens with zero attached hydrogens (tertiary/aromatic N) is 3. The van der Waals surface area contributed by atoms with Crippen LogP contribution in [0.1, 0.15) is 0 Å². The average Bonchev–Trinajstić information content (AvgIpc) is 2.74. The topological polar surface area (TPSA) is 56.5 Å². The Labute approximate surface area is 182 Å². The first-order valence-corrected chi connectivity index (χ1v) is 10.4. The van der Waals surface area contributed by atoms with Crippen LogP contribution in [0.3, 0.4) is 0 Å². The first-order valence-electron chi connectivity index (χ1n) is 8.80. The summed E-state index contributed by atoms with van der Waals surface area (Å²) in [6.45, 7) is 0. The highest BCUT2D eigenvalue weighted by Crippen LogP contribution is 2.31. The van der Waals surface area contributed by atoms with E-state index < -0.39 is 0 Å². The molecule has 5 nitrogen and oxygen atoms in total. The molecule has 0 atom stereocenters. The zero-order chi connectivity index (χ0) is 20.1. The van der Waals surface area contributed by atoms with Crippen molar-refractivity contribution >= 4 is 59.4 Å². The van der Waals surface area contributed by atoms with Crippen molar-refractivity contribution in [3.63, 3.8) is 0 Å². The van der Waals surface area contributed by atoms with E-state index in [9.17, 15) is 4.79 Å². The Hall–Kier alpha value is -2.77. The highest BCUT2D eigenvalue weighted by molar-refractivity contribution is 9.11. The zero-order valence-electron chi connectivity index (χ0n) is 15.2. The molecule has 0 radical (unpaired) electrons. The summed E-state index contributed by atoms with van der Waals surface area (Å²) < 4.78 is 8.43. The van der Waals surface area contributed by atoms with E-state index in [-0.39, 0.29) is 5.56 Å². The van der Waals surface area contributed by atoms with Gasteiger partial charge in [-0.15, -0.1) is 0 Å². The van der Waals surface area contributed by atoms with Crippen LogP contribution in [0.15, 0.2) is 74.5 Å². The van der Waals surface area contributed by atoms with E-state index in [0.29, 0.717) is 22.2 Å². The lowest BCUT2D eigenvalue weighted by Crippen LogP contribution is -2.17. The van der Waals surface area contributed by atoms with Crippen LogP contribution in [0, 0.1) is 0 Å². The lowest BCUT2D eigenvalue weighted by Gasteiger charge is -2.13. The summed E-state index contributed by atoms with van der Waals surface area (Å²) in [6, 6.07) is 17.2. The Kier molecular flexibility index (Phi) is 4.37. The van der Waals surface area contributed by atoms with Gasteiger partial charge in [-0.25, -0.2) is 14.4 Å². The van der Waals surface area contributed by atoms with Crippen LogP contribution in [0.25, 0.3) is 38.7 Å². The fourth-order valence-corrected chi connectivity index (χ4v) is 4.82. The fraction of sp³-hybridized carbons (Fsp3) is 0.0455. The molecule has 5 aromatic rings. The van der Waals surface area contributed by atoms with E-state index >= 15 is 0 Å². The number of fused-ring (bicyclic) bond motifs is 4. The summed E-state index contributed by atoms with van der Waals surface area (Å²) in [5.41, 5.74) is 3.38. The number of methoxy groups -OCH3 is 1. The molecule has 0 aliphatic carbocycles. The van der Waals surface area contributed by atoms with Gasteiger partial charge in [-0.1, -0.05) is 28.1 Å². The summed E-state index contributed by atoms with van der Waals surface area (Å²) in [7, 11) is 1.63. The molecular weight excluding hydrogens is 498 g/mol. The van der Waals surface area contributed by atoms with Gasteiger partial charge in [-0.05, 0) is 64.0 Å². The highest BCUT2D eigenvalue weighted by Gasteiger charge is 2.16. The van der Waals surface area contributed by atoms with Crippen molar-refractivity contribution in [3.8, 4) is 16.9 Å². The quantitative estimate of drug-likeness (QED) is 0.229. The van der Waals surface area contributed by atoms with Gasteiger partial charge < -0.3 is 4.74 Å². The van der Waals surface area contributed by atoms with Gasteiger partial charge in [0.25, 0.3) is 5.56 Å². The first kappa shape index (κ1) is 18.3. The number of hydrogen-bond acceptors (Lipinski definition) is 4. The van der Waals surface area contributed by atoms with Crippen LogP contribution in [0.2, 0.25) is 0 Å². The molecular formula is C22H13Br2N3O2. The summed E-state index contributed by atoms with van der Waals surface area (Å²) >= 11 is 7.01. The predicted molar refractivity (Wildman–Crippen MR) is 122 cm³/mol. The maximum atomic E-state index is 13.5. The van der Waals surface area contributed by atoms with E-state index in [0.717, 1.165) is 31.2 Å².